The number of carbonyl (C=O) groups excluding carboxylic acids is 2. The molecule has 0 aliphatic carbocycles. The molecule has 1 fully saturated rings. The van der Waals surface area contributed by atoms with E-state index < -0.39 is 33.3 Å². The lowest BCUT2D eigenvalue weighted by Gasteiger charge is -2.27. The second-order valence-electron chi connectivity index (χ2n) is 10.3. The molecule has 1 unspecified atom stereocenters. The van der Waals surface area contributed by atoms with E-state index in [2.05, 4.69) is 5.32 Å². The average molecular weight is 603 g/mol. The number of nitrogens with one attached hydrogen (secondary N) is 1. The van der Waals surface area contributed by atoms with Crippen molar-refractivity contribution in [2.75, 3.05) is 27.9 Å². The molecule has 2 atom stereocenters. The number of benzene rings is 4. The molecular formula is C33H34N2O7S. The maximum Gasteiger partial charge on any atom is 0.328 e. The number of sulfone groups is 1. The number of likely N-dealkylation sites (tertiary alicyclic amines) is 1. The van der Waals surface area contributed by atoms with Gasteiger partial charge in [0.25, 0.3) is 0 Å². The highest BCUT2D eigenvalue weighted by molar-refractivity contribution is 7.92. The number of ether oxygens (including phenoxy) is 3. The maximum atomic E-state index is 13.4. The average Bonchev–Trinajstić information content (AvgIpc) is 3.55. The van der Waals surface area contributed by atoms with Crippen molar-refractivity contribution < 1.29 is 32.2 Å². The Hall–Kier alpha value is -4.57. The van der Waals surface area contributed by atoms with Crippen LogP contribution < -0.4 is 14.8 Å². The van der Waals surface area contributed by atoms with Gasteiger partial charge in [0.1, 0.15) is 22.9 Å². The first kappa shape index (κ1) is 29.9. The number of carbonyl (C=O) groups is 2. The van der Waals surface area contributed by atoms with Crippen LogP contribution in [0.5, 0.6) is 11.5 Å². The summed E-state index contributed by atoms with van der Waals surface area (Å²) in [5, 5.41) is 3.64. The first-order valence-corrected chi connectivity index (χ1v) is 15.5. The van der Waals surface area contributed by atoms with Crippen molar-refractivity contribution in [3.05, 3.63) is 90.5 Å². The molecule has 1 N–H and O–H groups in total. The Balaban J connectivity index is 1.36. The van der Waals surface area contributed by atoms with E-state index >= 15 is 0 Å². The summed E-state index contributed by atoms with van der Waals surface area (Å²) in [5.41, 5.74) is 2.59. The van der Waals surface area contributed by atoms with Crippen LogP contribution in [0.2, 0.25) is 0 Å². The number of amides is 2. The minimum absolute atomic E-state index is 0.160. The molecule has 0 saturated carbocycles. The molecule has 10 heteroatoms. The highest BCUT2D eigenvalue weighted by atomic mass is 32.2. The molecule has 4 aromatic rings. The van der Waals surface area contributed by atoms with Gasteiger partial charge in [0.2, 0.25) is 0 Å². The van der Waals surface area contributed by atoms with Gasteiger partial charge in [0.05, 0.1) is 31.8 Å². The van der Waals surface area contributed by atoms with Crippen molar-refractivity contribution in [2.45, 2.75) is 35.6 Å². The number of methoxy groups -OCH3 is 3. The first-order chi connectivity index (χ1) is 20.8. The third-order valence-electron chi connectivity index (χ3n) is 7.73. The number of hydrogen-bond donors (Lipinski definition) is 1. The lowest BCUT2D eigenvalue weighted by atomic mass is 9.97. The molecule has 9 nitrogen and oxygen atoms in total. The summed E-state index contributed by atoms with van der Waals surface area (Å²) in [5.74, 6) is 0.779. The van der Waals surface area contributed by atoms with E-state index in [1.807, 2.05) is 54.6 Å². The van der Waals surface area contributed by atoms with Gasteiger partial charge in [-0.05, 0) is 65.1 Å². The van der Waals surface area contributed by atoms with Crippen LogP contribution in [0, 0.1) is 0 Å². The zero-order valence-corrected chi connectivity index (χ0v) is 25.1. The molecule has 2 amide bonds. The van der Waals surface area contributed by atoms with Crippen LogP contribution in [0.15, 0.2) is 89.8 Å². The maximum absolute atomic E-state index is 13.4. The van der Waals surface area contributed by atoms with Gasteiger partial charge in [-0.15, -0.1) is 0 Å². The van der Waals surface area contributed by atoms with Crippen LogP contribution in [-0.4, -0.2) is 64.6 Å². The van der Waals surface area contributed by atoms with E-state index in [9.17, 15) is 18.0 Å². The Morgan fingerprint density at radius 2 is 1.56 bits per heavy atom. The van der Waals surface area contributed by atoms with E-state index in [0.29, 0.717) is 24.3 Å². The van der Waals surface area contributed by atoms with E-state index in [0.717, 1.165) is 27.5 Å². The van der Waals surface area contributed by atoms with E-state index in [-0.39, 0.29) is 17.9 Å². The Morgan fingerprint density at radius 1 is 0.884 bits per heavy atom. The van der Waals surface area contributed by atoms with Crippen LogP contribution in [0.4, 0.5) is 4.79 Å². The first-order valence-electron chi connectivity index (χ1n) is 13.9. The predicted octanol–water partition coefficient (Wildman–Crippen LogP) is 5.21. The summed E-state index contributed by atoms with van der Waals surface area (Å²) in [6.45, 7) is 0.270. The number of fused-ring (bicyclic) bond motifs is 1. The fourth-order valence-electron chi connectivity index (χ4n) is 5.57. The van der Waals surface area contributed by atoms with E-state index in [1.54, 1.807) is 32.4 Å². The molecule has 0 radical (unpaired) electrons. The Labute approximate surface area is 251 Å². The molecule has 5 rings (SSSR count). The minimum Gasteiger partial charge on any atom is -0.496 e. The van der Waals surface area contributed by atoms with Crippen molar-refractivity contribution in [1.29, 1.82) is 0 Å². The molecule has 0 aromatic heterocycles. The van der Waals surface area contributed by atoms with Crippen molar-refractivity contribution >= 4 is 32.6 Å². The summed E-state index contributed by atoms with van der Waals surface area (Å²) >= 11 is 0. The topological polar surface area (TPSA) is 111 Å². The van der Waals surface area contributed by atoms with Gasteiger partial charge in [-0.3, -0.25) is 0 Å². The zero-order valence-electron chi connectivity index (χ0n) is 24.3. The van der Waals surface area contributed by atoms with Gasteiger partial charge in [-0.25, -0.2) is 18.0 Å². The number of hydrogen-bond acceptors (Lipinski definition) is 7. The molecule has 43 heavy (non-hydrogen) atoms. The van der Waals surface area contributed by atoms with Crippen molar-refractivity contribution in [1.82, 2.24) is 10.2 Å². The summed E-state index contributed by atoms with van der Waals surface area (Å²) < 4.78 is 42.7. The van der Waals surface area contributed by atoms with Gasteiger partial charge in [0, 0.05) is 13.0 Å². The van der Waals surface area contributed by atoms with Gasteiger partial charge < -0.3 is 24.4 Å². The molecule has 224 valence electrons. The van der Waals surface area contributed by atoms with E-state index in [4.69, 9.17) is 14.2 Å². The molecule has 4 aromatic carbocycles. The monoisotopic (exact) mass is 602 g/mol. The second kappa shape index (κ2) is 12.7. The molecular weight excluding hydrogens is 568 g/mol. The smallest absolute Gasteiger partial charge is 0.328 e. The summed E-state index contributed by atoms with van der Waals surface area (Å²) in [6.07, 6.45) is 1.03. The molecule has 1 heterocycles. The van der Waals surface area contributed by atoms with Crippen molar-refractivity contribution in [3.63, 3.8) is 0 Å². The molecule has 1 aliphatic rings. The van der Waals surface area contributed by atoms with Crippen molar-refractivity contribution in [3.8, 4) is 22.6 Å². The van der Waals surface area contributed by atoms with Crippen molar-refractivity contribution in [2.24, 2.45) is 0 Å². The van der Waals surface area contributed by atoms with Gasteiger partial charge in [0.15, 0.2) is 9.84 Å². The quantitative estimate of drug-likeness (QED) is 0.262. The van der Waals surface area contributed by atoms with Crippen LogP contribution in [-0.2, 0) is 25.8 Å². The number of urea groups is 1. The van der Waals surface area contributed by atoms with Gasteiger partial charge in [-0.1, -0.05) is 54.6 Å². The predicted molar refractivity (Wildman–Crippen MR) is 164 cm³/mol. The van der Waals surface area contributed by atoms with Crippen LogP contribution in [0.3, 0.4) is 0 Å². The summed E-state index contributed by atoms with van der Waals surface area (Å²) in [7, 11) is 0.719. The minimum atomic E-state index is -3.78. The molecule has 1 saturated heterocycles. The largest absolute Gasteiger partial charge is 0.496 e. The highest BCUT2D eigenvalue weighted by Crippen LogP contribution is 2.39. The molecule has 0 bridgehead atoms. The summed E-state index contributed by atoms with van der Waals surface area (Å²) in [4.78, 5) is 27.6. The summed E-state index contributed by atoms with van der Waals surface area (Å²) in [6, 6.07) is 23.9. The number of esters is 1. The third kappa shape index (κ3) is 6.15. The Morgan fingerprint density at radius 3 is 2.23 bits per heavy atom. The molecule has 0 spiro atoms. The zero-order chi connectivity index (χ0) is 30.6. The fourth-order valence-corrected chi connectivity index (χ4v) is 7.44. The normalized spacial score (nSPS) is 15.6. The van der Waals surface area contributed by atoms with Crippen LogP contribution >= 0.6 is 0 Å². The van der Waals surface area contributed by atoms with Gasteiger partial charge in [-0.2, -0.15) is 0 Å². The van der Waals surface area contributed by atoms with Crippen LogP contribution in [0.25, 0.3) is 21.9 Å². The lowest BCUT2D eigenvalue weighted by Crippen LogP contribution is -2.52. The third-order valence-corrected chi connectivity index (χ3v) is 9.87. The van der Waals surface area contributed by atoms with Gasteiger partial charge >= 0.3 is 12.0 Å². The Bertz CT molecular complexity index is 1720. The second-order valence-corrected chi connectivity index (χ2v) is 12.4. The fraction of sp³-hybridized carbons (Fsp3) is 0.273. The molecule has 1 aliphatic heterocycles. The standard InChI is InChI=1S/C33H34N2O7S/c1-40-28-11-7-12-29(41-2)31(28)25-17-16-23-19-22(14-15-24(23)21-25)20-27(32(36)42-3)34-33(37)35-18-8-13-30(35)43(38,39)26-9-5-4-6-10-26/h4-7,9-12,14-17,19,21,27,30H,8,13,18,20H2,1-3H3,(H,34,37)/t27?,30-/m0/s1. The lowest BCUT2D eigenvalue weighted by molar-refractivity contribution is -0.142. The van der Waals surface area contributed by atoms with Crippen LogP contribution in [0.1, 0.15) is 18.4 Å². The van der Waals surface area contributed by atoms with E-state index in [1.165, 1.54) is 24.1 Å². The SMILES string of the molecule is COC(=O)C(Cc1ccc2cc(-c3c(OC)cccc3OC)ccc2c1)NC(=O)N1CCC[C@@H]1S(=O)(=O)c1ccccc1. The highest BCUT2D eigenvalue weighted by Gasteiger charge is 2.40. The Kier molecular flexibility index (Phi) is 8.86. The number of rotatable bonds is 9. The number of nitrogens with zero attached hydrogens (tertiary/aromatic N) is 1.